The molecule has 2 aromatic rings. The fraction of sp³-hybridized carbons (Fsp3) is 0.548. The first kappa shape index (κ1) is 28.1. The quantitative estimate of drug-likeness (QED) is 0.504. The highest BCUT2D eigenvalue weighted by Crippen LogP contribution is 2.31. The molecule has 1 aliphatic carbocycles. The fourth-order valence-corrected chi connectivity index (χ4v) is 5.70. The lowest BCUT2D eigenvalue weighted by Gasteiger charge is -2.38. The molecule has 1 saturated carbocycles. The molecule has 2 aliphatic rings. The number of aliphatic hydroxyl groups excluding tert-OH is 1. The smallest absolute Gasteiger partial charge is 0.258 e. The van der Waals surface area contributed by atoms with E-state index in [4.69, 9.17) is 4.74 Å². The topological polar surface area (TPSA) is 82.1 Å². The van der Waals surface area contributed by atoms with Gasteiger partial charge in [-0.2, -0.15) is 0 Å². The Hall–Kier alpha value is -2.90. The number of carbonyl (C=O) groups is 2. The number of hydrogen-bond donors (Lipinski definition) is 2. The summed E-state index contributed by atoms with van der Waals surface area (Å²) in [5.74, 6) is 1.00. The van der Waals surface area contributed by atoms with Gasteiger partial charge in [0.2, 0.25) is 5.91 Å². The lowest BCUT2D eigenvalue weighted by Crippen LogP contribution is -2.50. The van der Waals surface area contributed by atoms with Crippen LogP contribution in [0.2, 0.25) is 0 Å². The molecule has 0 unspecified atom stereocenters. The zero-order valence-electron chi connectivity index (χ0n) is 23.1. The van der Waals surface area contributed by atoms with E-state index in [0.717, 1.165) is 24.6 Å². The normalized spacial score (nSPS) is 21.3. The number of carbonyl (C=O) groups excluding carboxylic acids is 2. The van der Waals surface area contributed by atoms with Crippen LogP contribution >= 0.6 is 0 Å². The van der Waals surface area contributed by atoms with Crippen molar-refractivity contribution >= 4 is 17.5 Å². The van der Waals surface area contributed by atoms with Gasteiger partial charge in [0.25, 0.3) is 5.91 Å². The summed E-state index contributed by atoms with van der Waals surface area (Å²) in [7, 11) is 2.16. The number of anilines is 1. The fourth-order valence-electron chi connectivity index (χ4n) is 5.70. The van der Waals surface area contributed by atoms with E-state index in [2.05, 4.69) is 24.2 Å². The maximum Gasteiger partial charge on any atom is 0.258 e. The van der Waals surface area contributed by atoms with E-state index in [1.807, 2.05) is 37.3 Å². The largest absolute Gasteiger partial charge is 0.488 e. The van der Waals surface area contributed by atoms with E-state index in [9.17, 15) is 14.7 Å². The van der Waals surface area contributed by atoms with E-state index in [-0.39, 0.29) is 42.9 Å². The van der Waals surface area contributed by atoms with Gasteiger partial charge in [-0.1, -0.05) is 56.5 Å². The summed E-state index contributed by atoms with van der Waals surface area (Å²) in [6.07, 6.45) is 6.73. The number of nitrogens with zero attached hydrogens (tertiary/aromatic N) is 2. The molecule has 0 aromatic heterocycles. The predicted octanol–water partition coefficient (Wildman–Crippen LogP) is 4.60. The van der Waals surface area contributed by atoms with Crippen LogP contribution in [0.15, 0.2) is 48.5 Å². The first-order valence-corrected chi connectivity index (χ1v) is 14.1. The van der Waals surface area contributed by atoms with Gasteiger partial charge < -0.3 is 25.0 Å². The van der Waals surface area contributed by atoms with Crippen LogP contribution in [-0.4, -0.2) is 72.2 Å². The molecule has 0 radical (unpaired) electrons. The third-order valence-corrected chi connectivity index (χ3v) is 7.94. The Labute approximate surface area is 227 Å². The maximum absolute atomic E-state index is 13.7. The first-order chi connectivity index (χ1) is 18.3. The third-order valence-electron chi connectivity index (χ3n) is 7.94. The van der Waals surface area contributed by atoms with Crippen molar-refractivity contribution in [2.75, 3.05) is 38.6 Å². The highest BCUT2D eigenvalue weighted by Gasteiger charge is 2.34. The summed E-state index contributed by atoms with van der Waals surface area (Å²) < 4.78 is 6.53. The van der Waals surface area contributed by atoms with Crippen molar-refractivity contribution in [3.63, 3.8) is 0 Å². The molecule has 0 saturated heterocycles. The average molecular weight is 522 g/mol. The molecule has 2 N–H and O–H groups in total. The number of amides is 2. The van der Waals surface area contributed by atoms with Crippen molar-refractivity contribution in [2.24, 2.45) is 11.8 Å². The molecule has 206 valence electrons. The van der Waals surface area contributed by atoms with Crippen molar-refractivity contribution in [1.29, 1.82) is 0 Å². The van der Waals surface area contributed by atoms with E-state index in [0.29, 0.717) is 23.5 Å². The summed E-state index contributed by atoms with van der Waals surface area (Å²) in [6.45, 7) is 6.18. The number of benzene rings is 2. The van der Waals surface area contributed by atoms with Crippen LogP contribution in [0.5, 0.6) is 5.75 Å². The number of likely N-dealkylation sites (N-methyl/N-ethyl adjacent to an activating group) is 1. The molecule has 4 rings (SSSR count). The zero-order valence-corrected chi connectivity index (χ0v) is 23.1. The van der Waals surface area contributed by atoms with Crippen LogP contribution in [0.3, 0.4) is 0 Å². The zero-order chi connectivity index (χ0) is 27.1. The number of rotatable bonds is 9. The second-order valence-corrected chi connectivity index (χ2v) is 11.3. The molecular formula is C31H43N3O4. The summed E-state index contributed by atoms with van der Waals surface area (Å²) in [6, 6.07) is 14.5. The predicted molar refractivity (Wildman–Crippen MR) is 150 cm³/mol. The van der Waals surface area contributed by atoms with E-state index >= 15 is 0 Å². The Morgan fingerprint density at radius 1 is 1.13 bits per heavy atom. The minimum atomic E-state index is -0.326. The third kappa shape index (κ3) is 7.35. The number of fused-ring (bicyclic) bond motifs is 1. The summed E-state index contributed by atoms with van der Waals surface area (Å²) in [5, 5.41) is 12.8. The van der Waals surface area contributed by atoms with Gasteiger partial charge >= 0.3 is 0 Å². The van der Waals surface area contributed by atoms with E-state index in [1.165, 1.54) is 32.1 Å². The van der Waals surface area contributed by atoms with Gasteiger partial charge in [-0.3, -0.25) is 9.59 Å². The van der Waals surface area contributed by atoms with Gasteiger partial charge in [0.1, 0.15) is 11.9 Å². The Bertz CT molecular complexity index is 1070. The lowest BCUT2D eigenvalue weighted by atomic mass is 9.89. The average Bonchev–Trinajstić information content (AvgIpc) is 2.91. The standard InChI is InChI=1S/C31H43N3O4/c1-22-18-34(23(2)21-35)31(37)27-17-26(32-30(36)16-24-10-6-4-7-11-24)14-15-28(27)38-29(22)20-33(3)19-25-12-8-5-9-13-25/h4,6-7,10-11,14-15,17,22-23,25,29,35H,5,8-9,12-13,16,18-21H2,1-3H3,(H,32,36)/t22-,23+,29-/m1/s1. The van der Waals surface area contributed by atoms with Crippen LogP contribution in [0.4, 0.5) is 5.69 Å². The highest BCUT2D eigenvalue weighted by atomic mass is 16.5. The number of ether oxygens (including phenoxy) is 1. The van der Waals surface area contributed by atoms with Gasteiger partial charge in [-0.05, 0) is 56.5 Å². The number of hydrogen-bond acceptors (Lipinski definition) is 5. The molecule has 1 heterocycles. The monoisotopic (exact) mass is 521 g/mol. The minimum Gasteiger partial charge on any atom is -0.488 e. The number of aliphatic hydroxyl groups is 1. The Balaban J connectivity index is 1.53. The molecule has 1 aliphatic heterocycles. The van der Waals surface area contributed by atoms with Gasteiger partial charge in [0, 0.05) is 31.2 Å². The molecule has 7 nitrogen and oxygen atoms in total. The van der Waals surface area contributed by atoms with Crippen LogP contribution in [0.1, 0.15) is 61.9 Å². The molecule has 0 bridgehead atoms. The van der Waals surface area contributed by atoms with E-state index in [1.54, 1.807) is 23.1 Å². The number of nitrogens with one attached hydrogen (secondary N) is 1. The molecule has 7 heteroatoms. The van der Waals surface area contributed by atoms with Crippen molar-refractivity contribution in [3.8, 4) is 5.75 Å². The summed E-state index contributed by atoms with van der Waals surface area (Å²) in [5.41, 5.74) is 1.89. The molecule has 3 atom stereocenters. The van der Waals surface area contributed by atoms with Crippen molar-refractivity contribution in [1.82, 2.24) is 9.80 Å². The Kier molecular flexibility index (Phi) is 9.80. The van der Waals surface area contributed by atoms with Gasteiger partial charge in [-0.25, -0.2) is 0 Å². The van der Waals surface area contributed by atoms with Gasteiger partial charge in [0.05, 0.1) is 24.6 Å². The highest BCUT2D eigenvalue weighted by molar-refractivity contribution is 6.00. The second kappa shape index (κ2) is 13.3. The Morgan fingerprint density at radius 3 is 2.58 bits per heavy atom. The van der Waals surface area contributed by atoms with Gasteiger partial charge in [0.15, 0.2) is 0 Å². The van der Waals surface area contributed by atoms with Crippen LogP contribution in [-0.2, 0) is 11.2 Å². The summed E-state index contributed by atoms with van der Waals surface area (Å²) in [4.78, 5) is 30.5. The Morgan fingerprint density at radius 2 is 1.87 bits per heavy atom. The molecule has 1 fully saturated rings. The van der Waals surface area contributed by atoms with Gasteiger partial charge in [-0.15, -0.1) is 0 Å². The molecule has 0 spiro atoms. The van der Waals surface area contributed by atoms with Crippen molar-refractivity contribution in [3.05, 3.63) is 59.7 Å². The van der Waals surface area contributed by atoms with Crippen LogP contribution in [0.25, 0.3) is 0 Å². The second-order valence-electron chi connectivity index (χ2n) is 11.3. The molecule has 2 aromatic carbocycles. The lowest BCUT2D eigenvalue weighted by molar-refractivity contribution is -0.115. The molecular weight excluding hydrogens is 478 g/mol. The first-order valence-electron chi connectivity index (χ1n) is 14.1. The van der Waals surface area contributed by atoms with E-state index < -0.39 is 0 Å². The van der Waals surface area contributed by atoms with Crippen molar-refractivity contribution < 1.29 is 19.4 Å². The molecule has 38 heavy (non-hydrogen) atoms. The SMILES string of the molecule is C[C@@H]1CN([C@@H](C)CO)C(=O)c2cc(NC(=O)Cc3ccccc3)ccc2O[C@@H]1CN(C)CC1CCCCC1. The minimum absolute atomic E-state index is 0.0835. The van der Waals surface area contributed by atoms with Crippen molar-refractivity contribution in [2.45, 2.75) is 64.5 Å². The van der Waals surface area contributed by atoms with Crippen LogP contribution < -0.4 is 10.1 Å². The van der Waals surface area contributed by atoms with Crippen LogP contribution in [0, 0.1) is 11.8 Å². The maximum atomic E-state index is 13.7. The molecule has 2 amide bonds. The summed E-state index contributed by atoms with van der Waals surface area (Å²) >= 11 is 0.